The Morgan fingerprint density at radius 3 is 2.59 bits per heavy atom. The molecule has 6 rings (SSSR count). The van der Waals surface area contributed by atoms with Gasteiger partial charge in [0, 0.05) is 56.5 Å². The highest BCUT2D eigenvalue weighted by Gasteiger charge is 2.20. The minimum absolute atomic E-state index is 0.243. The van der Waals surface area contributed by atoms with Gasteiger partial charge in [0.2, 0.25) is 5.95 Å². The van der Waals surface area contributed by atoms with Gasteiger partial charge in [0.25, 0.3) is 5.56 Å². The maximum absolute atomic E-state index is 13.3. The van der Waals surface area contributed by atoms with E-state index in [1.807, 2.05) is 36.4 Å². The third-order valence-corrected chi connectivity index (χ3v) is 7.00. The summed E-state index contributed by atoms with van der Waals surface area (Å²) in [6.07, 6.45) is 6.51. The molecule has 12 nitrogen and oxygen atoms in total. The van der Waals surface area contributed by atoms with Crippen LogP contribution in [0.4, 0.5) is 17.3 Å². The molecule has 1 fully saturated rings. The predicted molar refractivity (Wildman–Crippen MR) is 158 cm³/mol. The van der Waals surface area contributed by atoms with E-state index in [0.717, 1.165) is 43.3 Å². The summed E-state index contributed by atoms with van der Waals surface area (Å²) in [4.78, 5) is 40.5. The van der Waals surface area contributed by atoms with E-state index in [1.165, 1.54) is 10.9 Å². The number of aromatic nitrogens is 7. The summed E-state index contributed by atoms with van der Waals surface area (Å²) in [5, 5.41) is 3.63. The van der Waals surface area contributed by atoms with E-state index in [0.29, 0.717) is 34.3 Å². The van der Waals surface area contributed by atoms with Gasteiger partial charge >= 0.3 is 0 Å². The van der Waals surface area contributed by atoms with Crippen molar-refractivity contribution in [3.05, 3.63) is 84.1 Å². The molecule has 0 spiro atoms. The van der Waals surface area contributed by atoms with Crippen LogP contribution in [0.15, 0.2) is 78.5 Å². The molecular weight excluding hydrogens is 520 g/mol. The average Bonchev–Trinajstić information content (AvgIpc) is 3.28. The molecule has 1 saturated heterocycles. The van der Waals surface area contributed by atoms with Crippen LogP contribution in [0, 0.1) is 0 Å². The maximum atomic E-state index is 13.3. The van der Waals surface area contributed by atoms with Gasteiger partial charge in [-0.05, 0) is 37.4 Å². The molecule has 1 aliphatic rings. The number of pyridine rings is 1. The molecule has 0 radical (unpaired) electrons. The van der Waals surface area contributed by atoms with Crippen molar-refractivity contribution in [3.63, 3.8) is 0 Å². The molecule has 0 amide bonds. The van der Waals surface area contributed by atoms with Crippen molar-refractivity contribution in [2.75, 3.05) is 50.6 Å². The van der Waals surface area contributed by atoms with Crippen LogP contribution >= 0.6 is 0 Å². The first-order chi connectivity index (χ1) is 20.1. The summed E-state index contributed by atoms with van der Waals surface area (Å²) in [5.74, 6) is 2.07. The third-order valence-electron chi connectivity index (χ3n) is 7.00. The van der Waals surface area contributed by atoms with Gasteiger partial charge in [-0.1, -0.05) is 12.1 Å². The minimum atomic E-state index is -0.243. The van der Waals surface area contributed by atoms with Crippen molar-refractivity contribution in [1.29, 1.82) is 0 Å². The lowest BCUT2D eigenvalue weighted by Crippen LogP contribution is -2.44. The summed E-state index contributed by atoms with van der Waals surface area (Å²) in [6, 6.07) is 13.2. The summed E-state index contributed by atoms with van der Waals surface area (Å²) in [5.41, 5.74) is 2.55. The Morgan fingerprint density at radius 1 is 1.02 bits per heavy atom. The number of anilines is 3. The first-order valence-corrected chi connectivity index (χ1v) is 13.3. The Hall–Kier alpha value is -5.10. The lowest BCUT2D eigenvalue weighted by molar-refractivity contribution is 0.311. The molecule has 0 bridgehead atoms. The quantitative estimate of drug-likeness (QED) is 0.289. The number of hydrogen-bond acceptors (Lipinski definition) is 10. The zero-order chi connectivity index (χ0) is 28.3. The van der Waals surface area contributed by atoms with E-state index < -0.39 is 0 Å². The molecule has 208 valence electrons. The van der Waals surface area contributed by atoms with Gasteiger partial charge in [-0.2, -0.15) is 4.98 Å². The second-order valence-electron chi connectivity index (χ2n) is 9.67. The standard InChI is InChI=1S/C29H30N10O2/c1-4-13-38-28(40)21-19-32-29(33-20-9-10-23(24(18-20)41-3)37-16-14-36(2)15-17-37)35-27(21)39(38)25-8-5-7-22(34-25)26-30-11-6-12-31-26/h4-12,18-19H,1,13-17H2,2-3H3,(H,32,33,35). The molecule has 5 aromatic rings. The summed E-state index contributed by atoms with van der Waals surface area (Å²) >= 11 is 0. The number of hydrogen-bond donors (Lipinski definition) is 1. The smallest absolute Gasteiger partial charge is 0.278 e. The van der Waals surface area contributed by atoms with Crippen LogP contribution in [0.5, 0.6) is 5.75 Å². The number of nitrogens with zero attached hydrogens (tertiary/aromatic N) is 9. The molecule has 1 N–H and O–H groups in total. The fourth-order valence-electron chi connectivity index (χ4n) is 4.90. The number of ether oxygens (including phenoxy) is 1. The Kier molecular flexibility index (Phi) is 7.13. The zero-order valence-electron chi connectivity index (χ0n) is 22.9. The summed E-state index contributed by atoms with van der Waals surface area (Å²) < 4.78 is 8.94. The Labute approximate surface area is 236 Å². The van der Waals surface area contributed by atoms with Crippen LogP contribution in [-0.2, 0) is 6.54 Å². The van der Waals surface area contributed by atoms with Crippen molar-refractivity contribution in [3.8, 4) is 23.1 Å². The summed E-state index contributed by atoms with van der Waals surface area (Å²) in [7, 11) is 3.80. The van der Waals surface area contributed by atoms with Gasteiger partial charge in [0.05, 0.1) is 19.3 Å². The van der Waals surface area contributed by atoms with Crippen molar-refractivity contribution in [2.45, 2.75) is 6.54 Å². The molecule has 5 heterocycles. The lowest BCUT2D eigenvalue weighted by Gasteiger charge is -2.34. The molecule has 1 aliphatic heterocycles. The molecule has 0 unspecified atom stereocenters. The molecule has 0 atom stereocenters. The topological polar surface area (TPSA) is 119 Å². The van der Waals surface area contributed by atoms with Crippen molar-refractivity contribution in [2.24, 2.45) is 0 Å². The number of fused-ring (bicyclic) bond motifs is 1. The molecule has 4 aromatic heterocycles. The number of benzene rings is 1. The van der Waals surface area contributed by atoms with E-state index in [1.54, 1.807) is 36.3 Å². The van der Waals surface area contributed by atoms with Crippen LogP contribution in [0.2, 0.25) is 0 Å². The van der Waals surface area contributed by atoms with E-state index in [2.05, 4.69) is 43.7 Å². The number of allylic oxidation sites excluding steroid dienone is 1. The van der Waals surface area contributed by atoms with E-state index >= 15 is 0 Å². The minimum Gasteiger partial charge on any atom is -0.495 e. The molecule has 0 saturated carbocycles. The highest BCUT2D eigenvalue weighted by molar-refractivity contribution is 5.77. The SMILES string of the molecule is C=CCn1c(=O)c2cnc(Nc3ccc(N4CCN(C)CC4)c(OC)c3)nc2n1-c1cccc(-c2ncccn2)n1. The van der Waals surface area contributed by atoms with E-state index in [-0.39, 0.29) is 12.1 Å². The molecular formula is C29H30N10O2. The number of piperazine rings is 1. The van der Waals surface area contributed by atoms with Crippen LogP contribution < -0.4 is 20.5 Å². The lowest BCUT2D eigenvalue weighted by atomic mass is 10.2. The molecule has 0 aliphatic carbocycles. The predicted octanol–water partition coefficient (Wildman–Crippen LogP) is 3.12. The number of nitrogens with one attached hydrogen (secondary N) is 1. The van der Waals surface area contributed by atoms with Crippen molar-refractivity contribution < 1.29 is 4.74 Å². The van der Waals surface area contributed by atoms with Gasteiger partial charge in [-0.25, -0.2) is 29.3 Å². The number of methoxy groups -OCH3 is 1. The van der Waals surface area contributed by atoms with Crippen LogP contribution in [0.1, 0.15) is 0 Å². The highest BCUT2D eigenvalue weighted by atomic mass is 16.5. The monoisotopic (exact) mass is 550 g/mol. The summed E-state index contributed by atoms with van der Waals surface area (Å²) in [6.45, 7) is 7.95. The third kappa shape index (κ3) is 5.12. The zero-order valence-corrected chi connectivity index (χ0v) is 22.9. The fourth-order valence-corrected chi connectivity index (χ4v) is 4.90. The van der Waals surface area contributed by atoms with Gasteiger partial charge in [0.1, 0.15) is 16.8 Å². The molecule has 41 heavy (non-hydrogen) atoms. The Bertz CT molecular complexity index is 1760. The van der Waals surface area contributed by atoms with Gasteiger partial charge in [-0.15, -0.1) is 6.58 Å². The Balaban J connectivity index is 1.38. The van der Waals surface area contributed by atoms with Crippen LogP contribution in [-0.4, -0.2) is 79.5 Å². The molecule has 12 heteroatoms. The average molecular weight is 551 g/mol. The van der Waals surface area contributed by atoms with Gasteiger partial charge < -0.3 is 19.9 Å². The molecule has 1 aromatic carbocycles. The Morgan fingerprint density at radius 2 is 1.83 bits per heavy atom. The second-order valence-corrected chi connectivity index (χ2v) is 9.67. The largest absolute Gasteiger partial charge is 0.495 e. The van der Waals surface area contributed by atoms with Crippen LogP contribution in [0.25, 0.3) is 28.4 Å². The van der Waals surface area contributed by atoms with Crippen LogP contribution in [0.3, 0.4) is 0 Å². The highest BCUT2D eigenvalue weighted by Crippen LogP contribution is 2.33. The van der Waals surface area contributed by atoms with Crippen molar-refractivity contribution >= 4 is 28.4 Å². The van der Waals surface area contributed by atoms with Crippen molar-refractivity contribution in [1.82, 2.24) is 39.2 Å². The first-order valence-electron chi connectivity index (χ1n) is 13.3. The van der Waals surface area contributed by atoms with Gasteiger partial charge in [-0.3, -0.25) is 4.79 Å². The normalized spacial score (nSPS) is 13.9. The maximum Gasteiger partial charge on any atom is 0.278 e. The number of likely N-dealkylation sites (N-methyl/N-ethyl adjacent to an activating group) is 1. The number of rotatable bonds is 8. The van der Waals surface area contributed by atoms with E-state index in [4.69, 9.17) is 14.7 Å². The second kappa shape index (κ2) is 11.2. The first kappa shape index (κ1) is 26.1. The fraction of sp³-hybridized carbons (Fsp3) is 0.241. The van der Waals surface area contributed by atoms with Gasteiger partial charge in [0.15, 0.2) is 17.3 Å². The van der Waals surface area contributed by atoms with E-state index in [9.17, 15) is 4.79 Å².